The van der Waals surface area contributed by atoms with Crippen LogP contribution in [0, 0.1) is 11.8 Å². The molecule has 1 saturated carbocycles. The number of carboxylic acids is 1. The molecule has 21 heavy (non-hydrogen) atoms. The zero-order chi connectivity index (χ0) is 14.8. The lowest BCUT2D eigenvalue weighted by Crippen LogP contribution is -2.29. The third-order valence-electron chi connectivity index (χ3n) is 4.19. The first kappa shape index (κ1) is 13.6. The number of aliphatic carboxylic acids is 1. The quantitative estimate of drug-likeness (QED) is 0.908. The normalized spacial score (nSPS) is 21.3. The molecule has 2 N–H and O–H groups in total. The summed E-state index contributed by atoms with van der Waals surface area (Å²) >= 11 is 0. The van der Waals surface area contributed by atoms with Crippen molar-refractivity contribution in [2.24, 2.45) is 11.8 Å². The van der Waals surface area contributed by atoms with Crippen LogP contribution in [0.5, 0.6) is 0 Å². The molecule has 0 aromatic heterocycles. The number of rotatable bonds is 3. The van der Waals surface area contributed by atoms with Gasteiger partial charge in [-0.25, -0.2) is 0 Å². The van der Waals surface area contributed by atoms with Gasteiger partial charge in [-0.3, -0.25) is 9.59 Å². The Kier molecular flexibility index (Phi) is 3.60. The largest absolute Gasteiger partial charge is 0.481 e. The van der Waals surface area contributed by atoms with Crippen molar-refractivity contribution in [2.75, 3.05) is 5.32 Å². The summed E-state index contributed by atoms with van der Waals surface area (Å²) in [5, 5.41) is 14.2. The Labute approximate surface area is 122 Å². The summed E-state index contributed by atoms with van der Waals surface area (Å²) in [5.74, 6) is -2.03. The second kappa shape index (κ2) is 5.56. The van der Waals surface area contributed by atoms with Gasteiger partial charge in [0.15, 0.2) is 0 Å². The van der Waals surface area contributed by atoms with Gasteiger partial charge >= 0.3 is 5.97 Å². The monoisotopic (exact) mass is 283 g/mol. The Hall–Kier alpha value is -2.36. The van der Waals surface area contributed by atoms with Crippen molar-refractivity contribution in [3.63, 3.8) is 0 Å². The first-order chi connectivity index (χ1) is 10.1. The minimum atomic E-state index is -0.869. The average molecular weight is 283 g/mol. The molecular weight excluding hydrogens is 266 g/mol. The van der Waals surface area contributed by atoms with E-state index in [9.17, 15) is 9.59 Å². The predicted molar refractivity (Wildman–Crippen MR) is 81.0 cm³/mol. The number of anilines is 1. The number of amides is 1. The molecule has 2 aromatic carbocycles. The van der Waals surface area contributed by atoms with Crippen LogP contribution in [0.2, 0.25) is 0 Å². The molecule has 0 spiro atoms. The van der Waals surface area contributed by atoms with Crippen molar-refractivity contribution in [3.05, 3.63) is 42.5 Å². The van der Waals surface area contributed by atoms with E-state index >= 15 is 0 Å². The SMILES string of the molecule is O=C(O)C1CCCC1C(=O)Nc1ccc2ccccc2c1. The third kappa shape index (κ3) is 2.75. The van der Waals surface area contributed by atoms with Crippen LogP contribution in [0.4, 0.5) is 5.69 Å². The van der Waals surface area contributed by atoms with Crippen molar-refractivity contribution in [1.29, 1.82) is 0 Å². The van der Waals surface area contributed by atoms with Crippen LogP contribution in [-0.2, 0) is 9.59 Å². The van der Waals surface area contributed by atoms with Gasteiger partial charge in [0.25, 0.3) is 0 Å². The van der Waals surface area contributed by atoms with E-state index < -0.39 is 17.8 Å². The van der Waals surface area contributed by atoms with Gasteiger partial charge in [0.2, 0.25) is 5.91 Å². The second-order valence-electron chi connectivity index (χ2n) is 5.53. The van der Waals surface area contributed by atoms with Gasteiger partial charge in [-0.1, -0.05) is 36.8 Å². The lowest BCUT2D eigenvalue weighted by molar-refractivity contribution is -0.145. The van der Waals surface area contributed by atoms with Crippen molar-refractivity contribution >= 4 is 28.3 Å². The number of benzene rings is 2. The number of hydrogen-bond donors (Lipinski definition) is 2. The number of carbonyl (C=O) groups excluding carboxylic acids is 1. The highest BCUT2D eigenvalue weighted by Crippen LogP contribution is 2.33. The van der Waals surface area contributed by atoms with Gasteiger partial charge in [-0.15, -0.1) is 0 Å². The maximum Gasteiger partial charge on any atom is 0.307 e. The van der Waals surface area contributed by atoms with E-state index in [1.165, 1.54) is 0 Å². The van der Waals surface area contributed by atoms with Crippen LogP contribution >= 0.6 is 0 Å². The van der Waals surface area contributed by atoms with Gasteiger partial charge in [-0.05, 0) is 35.7 Å². The predicted octanol–water partition coefficient (Wildman–Crippen LogP) is 3.28. The van der Waals surface area contributed by atoms with Gasteiger partial charge in [0, 0.05) is 5.69 Å². The summed E-state index contributed by atoms with van der Waals surface area (Å²) in [6.07, 6.45) is 2.04. The fourth-order valence-electron chi connectivity index (χ4n) is 3.07. The molecule has 0 saturated heterocycles. The fraction of sp³-hybridized carbons (Fsp3) is 0.294. The number of hydrogen-bond acceptors (Lipinski definition) is 2. The molecule has 2 aromatic rings. The minimum absolute atomic E-state index is 0.185. The summed E-state index contributed by atoms with van der Waals surface area (Å²) in [4.78, 5) is 23.5. The van der Waals surface area contributed by atoms with Gasteiger partial charge in [-0.2, -0.15) is 0 Å². The maximum atomic E-state index is 12.3. The minimum Gasteiger partial charge on any atom is -0.481 e. The molecule has 2 atom stereocenters. The molecule has 0 bridgehead atoms. The zero-order valence-corrected chi connectivity index (χ0v) is 11.6. The molecular formula is C17H17NO3. The van der Waals surface area contributed by atoms with Crippen LogP contribution in [0.25, 0.3) is 10.8 Å². The smallest absolute Gasteiger partial charge is 0.307 e. The van der Waals surface area contributed by atoms with Crippen molar-refractivity contribution in [1.82, 2.24) is 0 Å². The van der Waals surface area contributed by atoms with E-state index in [-0.39, 0.29) is 5.91 Å². The van der Waals surface area contributed by atoms with Crippen LogP contribution in [0.15, 0.2) is 42.5 Å². The van der Waals surface area contributed by atoms with Gasteiger partial charge in [0.1, 0.15) is 0 Å². The molecule has 0 radical (unpaired) electrons. The topological polar surface area (TPSA) is 66.4 Å². The highest BCUT2D eigenvalue weighted by Gasteiger charge is 2.37. The van der Waals surface area contributed by atoms with E-state index in [1.807, 2.05) is 42.5 Å². The third-order valence-corrected chi connectivity index (χ3v) is 4.19. The molecule has 0 aliphatic heterocycles. The number of nitrogens with one attached hydrogen (secondary N) is 1. The lowest BCUT2D eigenvalue weighted by atomic mass is 9.95. The second-order valence-corrected chi connectivity index (χ2v) is 5.53. The molecule has 2 unspecified atom stereocenters. The van der Waals surface area contributed by atoms with Crippen molar-refractivity contribution < 1.29 is 14.7 Å². The molecule has 4 heteroatoms. The highest BCUT2D eigenvalue weighted by molar-refractivity contribution is 5.97. The van der Waals surface area contributed by atoms with Crippen LogP contribution < -0.4 is 5.32 Å². The Bertz CT molecular complexity index is 695. The average Bonchev–Trinajstić information content (AvgIpc) is 2.97. The Morgan fingerprint density at radius 2 is 1.71 bits per heavy atom. The standard InChI is InChI=1S/C17H17NO3/c19-16(14-6-3-7-15(14)17(20)21)18-13-9-8-11-4-1-2-5-12(11)10-13/h1-2,4-5,8-10,14-15H,3,6-7H2,(H,18,19)(H,20,21). The zero-order valence-electron chi connectivity index (χ0n) is 11.6. The molecule has 1 fully saturated rings. The molecule has 108 valence electrons. The van der Waals surface area contributed by atoms with Crippen LogP contribution in [-0.4, -0.2) is 17.0 Å². The number of carboxylic acid groups (broad SMARTS) is 1. The van der Waals surface area contributed by atoms with Crippen molar-refractivity contribution in [3.8, 4) is 0 Å². The number of fused-ring (bicyclic) bond motifs is 1. The number of carbonyl (C=O) groups is 2. The molecule has 1 amide bonds. The molecule has 1 aliphatic carbocycles. The molecule has 3 rings (SSSR count). The van der Waals surface area contributed by atoms with Crippen LogP contribution in [0.3, 0.4) is 0 Å². The van der Waals surface area contributed by atoms with Crippen molar-refractivity contribution in [2.45, 2.75) is 19.3 Å². The van der Waals surface area contributed by atoms with Crippen LogP contribution in [0.1, 0.15) is 19.3 Å². The summed E-state index contributed by atoms with van der Waals surface area (Å²) in [7, 11) is 0. The first-order valence-corrected chi connectivity index (χ1v) is 7.17. The van der Waals surface area contributed by atoms with Gasteiger partial charge < -0.3 is 10.4 Å². The summed E-state index contributed by atoms with van der Waals surface area (Å²) in [6.45, 7) is 0. The maximum absolute atomic E-state index is 12.3. The Morgan fingerprint density at radius 3 is 2.48 bits per heavy atom. The lowest BCUT2D eigenvalue weighted by Gasteiger charge is -2.15. The molecule has 1 aliphatic rings. The van der Waals surface area contributed by atoms with Gasteiger partial charge in [0.05, 0.1) is 11.8 Å². The summed E-state index contributed by atoms with van der Waals surface area (Å²) < 4.78 is 0. The Balaban J connectivity index is 1.78. The summed E-state index contributed by atoms with van der Waals surface area (Å²) in [5.41, 5.74) is 0.717. The van der Waals surface area contributed by atoms with E-state index in [2.05, 4.69) is 5.32 Å². The van der Waals surface area contributed by atoms with E-state index in [1.54, 1.807) is 0 Å². The molecule has 4 nitrogen and oxygen atoms in total. The Morgan fingerprint density at radius 1 is 1.00 bits per heavy atom. The molecule has 0 heterocycles. The van der Waals surface area contributed by atoms with E-state index in [4.69, 9.17) is 5.11 Å². The fourth-order valence-corrected chi connectivity index (χ4v) is 3.07. The van der Waals surface area contributed by atoms with E-state index in [0.717, 1.165) is 22.9 Å². The first-order valence-electron chi connectivity index (χ1n) is 7.17. The summed E-state index contributed by atoms with van der Waals surface area (Å²) in [6, 6.07) is 13.6. The van der Waals surface area contributed by atoms with E-state index in [0.29, 0.717) is 12.8 Å². The highest BCUT2D eigenvalue weighted by atomic mass is 16.4.